The summed E-state index contributed by atoms with van der Waals surface area (Å²) in [6, 6.07) is 7.23. The molecule has 0 spiro atoms. The average Bonchev–Trinajstić information content (AvgIpc) is 2.60. The minimum Gasteiger partial charge on any atom is -0.447 e. The number of benzene rings is 1. The molecule has 1 fully saturated rings. The third kappa shape index (κ3) is 2.13. The minimum absolute atomic E-state index is 0.0240. The molecule has 1 aliphatic rings. The molecule has 2 rings (SSSR count). The van der Waals surface area contributed by atoms with E-state index < -0.39 is 0 Å². The van der Waals surface area contributed by atoms with Crippen molar-refractivity contribution >= 4 is 23.4 Å². The molecule has 86 valence electrons. The van der Waals surface area contributed by atoms with Crippen LogP contribution in [0.5, 0.6) is 0 Å². The minimum atomic E-state index is -0.317. The Balaban J connectivity index is 2.26. The number of halogens is 1. The number of nitrogens with one attached hydrogen (secondary N) is 1. The Kier molecular flexibility index (Phi) is 3.31. The van der Waals surface area contributed by atoms with Crippen molar-refractivity contribution in [1.29, 1.82) is 0 Å². The van der Waals surface area contributed by atoms with Gasteiger partial charge in [-0.2, -0.15) is 0 Å². The topological polar surface area (TPSA) is 41.6 Å². The molecular weight excluding hydrogens is 228 g/mol. The zero-order valence-corrected chi connectivity index (χ0v) is 9.70. The Hall–Kier alpha value is -1.26. The second kappa shape index (κ2) is 4.72. The van der Waals surface area contributed by atoms with Gasteiger partial charge in [0.25, 0.3) is 0 Å². The Morgan fingerprint density at radius 1 is 1.62 bits per heavy atom. The summed E-state index contributed by atoms with van der Waals surface area (Å²) in [6.07, 6.45) is -0.317. The number of amides is 1. The van der Waals surface area contributed by atoms with Gasteiger partial charge in [0.1, 0.15) is 6.61 Å². The van der Waals surface area contributed by atoms with Gasteiger partial charge in [-0.1, -0.05) is 17.7 Å². The Morgan fingerprint density at radius 3 is 3.12 bits per heavy atom. The lowest BCUT2D eigenvalue weighted by Gasteiger charge is -2.21. The first-order valence-electron chi connectivity index (χ1n) is 5.08. The summed E-state index contributed by atoms with van der Waals surface area (Å²) in [5.41, 5.74) is 0.773. The lowest BCUT2D eigenvalue weighted by atomic mass is 10.2. The molecule has 5 heteroatoms. The lowest BCUT2D eigenvalue weighted by molar-refractivity contribution is 0.178. The molecule has 0 aromatic heterocycles. The zero-order valence-electron chi connectivity index (χ0n) is 8.94. The fourth-order valence-electron chi connectivity index (χ4n) is 1.79. The van der Waals surface area contributed by atoms with Gasteiger partial charge in [0.05, 0.1) is 6.04 Å². The van der Waals surface area contributed by atoms with E-state index in [1.54, 1.807) is 17.0 Å². The molecule has 1 N–H and O–H groups in total. The molecule has 1 amide bonds. The van der Waals surface area contributed by atoms with Crippen LogP contribution in [0.4, 0.5) is 10.5 Å². The highest BCUT2D eigenvalue weighted by molar-refractivity contribution is 6.30. The van der Waals surface area contributed by atoms with E-state index >= 15 is 0 Å². The predicted octanol–water partition coefficient (Wildman–Crippen LogP) is 1.88. The number of anilines is 1. The van der Waals surface area contributed by atoms with Crippen LogP contribution in [-0.4, -0.2) is 32.3 Å². The highest BCUT2D eigenvalue weighted by atomic mass is 35.5. The quantitative estimate of drug-likeness (QED) is 0.877. The summed E-state index contributed by atoms with van der Waals surface area (Å²) in [6.45, 7) is 1.10. The molecule has 1 saturated heterocycles. The van der Waals surface area contributed by atoms with Gasteiger partial charge in [-0.25, -0.2) is 4.79 Å². The van der Waals surface area contributed by atoms with Crippen LogP contribution in [0, 0.1) is 0 Å². The van der Waals surface area contributed by atoms with Gasteiger partial charge in [-0.05, 0) is 25.2 Å². The molecule has 1 unspecified atom stereocenters. The summed E-state index contributed by atoms with van der Waals surface area (Å²) < 4.78 is 5.03. The highest BCUT2D eigenvalue weighted by Crippen LogP contribution is 2.25. The van der Waals surface area contributed by atoms with E-state index in [0.717, 1.165) is 5.69 Å². The number of likely N-dealkylation sites (N-methyl/N-ethyl adjacent to an activating group) is 1. The van der Waals surface area contributed by atoms with E-state index in [9.17, 15) is 4.79 Å². The van der Waals surface area contributed by atoms with Crippen LogP contribution < -0.4 is 10.2 Å². The molecule has 1 atom stereocenters. The lowest BCUT2D eigenvalue weighted by Crippen LogP contribution is -2.40. The van der Waals surface area contributed by atoms with Crippen LogP contribution in [0.15, 0.2) is 24.3 Å². The monoisotopic (exact) mass is 240 g/mol. The van der Waals surface area contributed by atoms with E-state index in [0.29, 0.717) is 18.2 Å². The van der Waals surface area contributed by atoms with Crippen molar-refractivity contribution in [3.63, 3.8) is 0 Å². The van der Waals surface area contributed by atoms with Gasteiger partial charge in [-0.15, -0.1) is 0 Å². The molecule has 0 aliphatic carbocycles. The van der Waals surface area contributed by atoms with Crippen LogP contribution in [0.25, 0.3) is 0 Å². The molecule has 0 bridgehead atoms. The van der Waals surface area contributed by atoms with Gasteiger partial charge >= 0.3 is 6.09 Å². The van der Waals surface area contributed by atoms with E-state index in [1.807, 2.05) is 19.2 Å². The number of nitrogens with zero attached hydrogens (tertiary/aromatic N) is 1. The van der Waals surface area contributed by atoms with E-state index in [4.69, 9.17) is 16.3 Å². The van der Waals surface area contributed by atoms with Crippen LogP contribution >= 0.6 is 11.6 Å². The van der Waals surface area contributed by atoms with E-state index in [2.05, 4.69) is 5.32 Å². The average molecular weight is 241 g/mol. The highest BCUT2D eigenvalue weighted by Gasteiger charge is 2.33. The molecule has 16 heavy (non-hydrogen) atoms. The van der Waals surface area contributed by atoms with Crippen LogP contribution in [0.3, 0.4) is 0 Å². The van der Waals surface area contributed by atoms with Gasteiger partial charge in [0, 0.05) is 17.3 Å². The first-order chi connectivity index (χ1) is 7.72. The van der Waals surface area contributed by atoms with Gasteiger partial charge in [0.15, 0.2) is 0 Å². The molecule has 1 aromatic carbocycles. The van der Waals surface area contributed by atoms with Crippen molar-refractivity contribution in [3.05, 3.63) is 29.3 Å². The second-order valence-corrected chi connectivity index (χ2v) is 4.07. The molecule has 1 aliphatic heterocycles. The largest absolute Gasteiger partial charge is 0.447 e. The molecule has 0 radical (unpaired) electrons. The number of cyclic esters (lactones) is 1. The maximum absolute atomic E-state index is 11.6. The van der Waals surface area contributed by atoms with Crippen LogP contribution in [0.2, 0.25) is 5.02 Å². The maximum atomic E-state index is 11.6. The first-order valence-corrected chi connectivity index (χ1v) is 5.46. The molecule has 1 heterocycles. The van der Waals surface area contributed by atoms with Crippen molar-refractivity contribution in [1.82, 2.24) is 5.32 Å². The normalized spacial score (nSPS) is 20.0. The fourth-order valence-corrected chi connectivity index (χ4v) is 1.97. The Morgan fingerprint density at radius 2 is 2.44 bits per heavy atom. The van der Waals surface area contributed by atoms with Gasteiger partial charge in [-0.3, -0.25) is 4.90 Å². The third-order valence-electron chi connectivity index (χ3n) is 2.49. The smallest absolute Gasteiger partial charge is 0.414 e. The van der Waals surface area contributed by atoms with Crippen molar-refractivity contribution in [2.75, 3.05) is 25.1 Å². The third-order valence-corrected chi connectivity index (χ3v) is 2.72. The predicted molar refractivity (Wildman–Crippen MR) is 63.0 cm³/mol. The summed E-state index contributed by atoms with van der Waals surface area (Å²) in [5, 5.41) is 3.65. The standard InChI is InChI=1S/C11H13ClN2O2/c1-13-6-10-7-16-11(15)14(10)9-4-2-3-8(12)5-9/h2-5,10,13H,6-7H2,1H3. The number of rotatable bonds is 3. The van der Waals surface area contributed by atoms with Crippen molar-refractivity contribution < 1.29 is 9.53 Å². The van der Waals surface area contributed by atoms with Crippen molar-refractivity contribution in [2.24, 2.45) is 0 Å². The maximum Gasteiger partial charge on any atom is 0.414 e. The Bertz CT molecular complexity index is 397. The van der Waals surface area contributed by atoms with Crippen LogP contribution in [-0.2, 0) is 4.74 Å². The van der Waals surface area contributed by atoms with Gasteiger partial charge in [0.2, 0.25) is 0 Å². The number of carbonyl (C=O) groups excluding carboxylic acids is 1. The second-order valence-electron chi connectivity index (χ2n) is 3.64. The number of hydrogen-bond acceptors (Lipinski definition) is 3. The van der Waals surface area contributed by atoms with Crippen molar-refractivity contribution in [3.8, 4) is 0 Å². The molecular formula is C11H13ClN2O2. The summed E-state index contributed by atoms with van der Waals surface area (Å²) in [5.74, 6) is 0. The SMILES string of the molecule is CNCC1COC(=O)N1c1cccc(Cl)c1. The fraction of sp³-hybridized carbons (Fsp3) is 0.364. The first kappa shape index (κ1) is 11.2. The molecule has 4 nitrogen and oxygen atoms in total. The number of carbonyl (C=O) groups is 1. The summed E-state index contributed by atoms with van der Waals surface area (Å²) >= 11 is 5.90. The van der Waals surface area contributed by atoms with Crippen molar-refractivity contribution in [2.45, 2.75) is 6.04 Å². The van der Waals surface area contributed by atoms with E-state index in [1.165, 1.54) is 0 Å². The van der Waals surface area contributed by atoms with Crippen LogP contribution in [0.1, 0.15) is 0 Å². The zero-order chi connectivity index (χ0) is 11.5. The van der Waals surface area contributed by atoms with E-state index in [-0.39, 0.29) is 12.1 Å². The number of hydrogen-bond donors (Lipinski definition) is 1. The molecule has 1 aromatic rings. The number of ether oxygens (including phenoxy) is 1. The Labute approximate surface area is 99.1 Å². The molecule has 0 saturated carbocycles. The van der Waals surface area contributed by atoms with Gasteiger partial charge < -0.3 is 10.1 Å². The summed E-state index contributed by atoms with van der Waals surface area (Å²) in [4.78, 5) is 13.2. The summed E-state index contributed by atoms with van der Waals surface area (Å²) in [7, 11) is 1.85.